The molecule has 0 rings (SSSR count). The van der Waals surface area contributed by atoms with Crippen molar-refractivity contribution in [2.45, 2.75) is 44.3 Å². The summed E-state index contributed by atoms with van der Waals surface area (Å²) in [6.45, 7) is 4.53. The van der Waals surface area contributed by atoms with Gasteiger partial charge in [0.2, 0.25) is 0 Å². The Morgan fingerprint density at radius 2 is 2.10 bits per heavy atom. The normalized spacial score (nSPS) is 13.9. The van der Waals surface area contributed by atoms with Crippen molar-refractivity contribution in [3.63, 3.8) is 0 Å². The topological polar surface area (TPSA) is 0 Å². The minimum atomic E-state index is 0.00696. The Kier molecular flexibility index (Phi) is 8.87. The molecule has 0 aromatic heterocycles. The van der Waals surface area contributed by atoms with E-state index in [1.54, 1.807) is 0 Å². The molecule has 0 aromatic carbocycles. The van der Waals surface area contributed by atoms with Crippen LogP contribution in [-0.2, 0) is 17.5 Å². The Bertz CT molecular complexity index is 66.3. The van der Waals surface area contributed by atoms with Gasteiger partial charge in [-0.1, -0.05) is 0 Å². The van der Waals surface area contributed by atoms with Crippen LogP contribution in [0.15, 0.2) is 0 Å². The molecule has 0 saturated carbocycles. The molecule has 0 aromatic rings. The fourth-order valence-electron chi connectivity index (χ4n) is 0.922. The molecule has 0 radical (unpaired) electrons. The van der Waals surface area contributed by atoms with Crippen molar-refractivity contribution in [3.8, 4) is 0 Å². The maximum absolute atomic E-state index is 5.77. The van der Waals surface area contributed by atoms with Gasteiger partial charge >= 0.3 is 77.2 Å². The molecular formula is C8H17ClPt. The van der Waals surface area contributed by atoms with Crippen LogP contribution in [0.25, 0.3) is 0 Å². The van der Waals surface area contributed by atoms with Gasteiger partial charge in [-0.2, -0.15) is 0 Å². The fraction of sp³-hybridized carbons (Fsp3) is 1.00. The third kappa shape index (κ3) is 5.74. The molecule has 66 valence electrons. The number of halogens is 1. The first-order chi connectivity index (χ1) is 4.85. The Balaban J connectivity index is 3.21. The zero-order chi connectivity index (χ0) is 7.82. The molecule has 0 aliphatic rings. The van der Waals surface area contributed by atoms with Crippen LogP contribution in [-0.4, -0.2) is 0 Å². The van der Waals surface area contributed by atoms with E-state index in [9.17, 15) is 0 Å². The summed E-state index contributed by atoms with van der Waals surface area (Å²) in [6.07, 6.45) is 5.45. The molecule has 1 unspecified atom stereocenters. The van der Waals surface area contributed by atoms with E-state index in [1.807, 2.05) is 0 Å². The summed E-state index contributed by atoms with van der Waals surface area (Å²) in [5.41, 5.74) is 0. The van der Waals surface area contributed by atoms with E-state index in [1.165, 1.54) is 30.5 Å². The molecular weight excluding hydrogens is 327 g/mol. The maximum atomic E-state index is 5.77. The molecule has 0 spiro atoms. The van der Waals surface area contributed by atoms with Gasteiger partial charge in [-0.3, -0.25) is 0 Å². The van der Waals surface area contributed by atoms with Gasteiger partial charge in [0.15, 0.2) is 0 Å². The van der Waals surface area contributed by atoms with E-state index in [0.717, 1.165) is 5.92 Å². The first-order valence-electron chi connectivity index (χ1n) is 3.98. The Hall–Kier alpha value is 0.978. The van der Waals surface area contributed by atoms with Crippen molar-refractivity contribution in [1.29, 1.82) is 0 Å². The Morgan fingerprint density at radius 1 is 1.40 bits per heavy atom. The van der Waals surface area contributed by atoms with Gasteiger partial charge in [0.1, 0.15) is 0 Å². The predicted molar refractivity (Wildman–Crippen MR) is 44.0 cm³/mol. The predicted octanol–water partition coefficient (Wildman–Crippen LogP) is 3.86. The van der Waals surface area contributed by atoms with Gasteiger partial charge in [0, 0.05) is 0 Å². The second-order valence-electron chi connectivity index (χ2n) is 2.63. The molecule has 1 atom stereocenters. The van der Waals surface area contributed by atoms with Crippen molar-refractivity contribution in [2.75, 3.05) is 0 Å². The number of hydrogen-bond acceptors (Lipinski definition) is 0. The van der Waals surface area contributed by atoms with Crippen LogP contribution in [0.3, 0.4) is 0 Å². The molecule has 0 bridgehead atoms. The second-order valence-corrected chi connectivity index (χ2v) is 5.55. The van der Waals surface area contributed by atoms with Gasteiger partial charge < -0.3 is 0 Å². The number of unbranched alkanes of at least 4 members (excludes halogenated alkanes) is 1. The van der Waals surface area contributed by atoms with Gasteiger partial charge in [-0.25, -0.2) is 0 Å². The Labute approximate surface area is 77.2 Å². The average Bonchev–Trinajstić information content (AvgIpc) is 1.98. The van der Waals surface area contributed by atoms with Crippen molar-refractivity contribution in [2.24, 2.45) is 5.92 Å². The van der Waals surface area contributed by atoms with Gasteiger partial charge in [-0.05, 0) is 0 Å². The summed E-state index contributed by atoms with van der Waals surface area (Å²) in [5, 5.41) is 0. The summed E-state index contributed by atoms with van der Waals surface area (Å²) in [5.74, 6) is 0.936. The molecule has 0 nitrogen and oxygen atoms in total. The minimum absolute atomic E-state index is 0.00696. The van der Waals surface area contributed by atoms with E-state index >= 15 is 0 Å². The quantitative estimate of drug-likeness (QED) is 0.687. The van der Waals surface area contributed by atoms with Crippen LogP contribution in [0.4, 0.5) is 0 Å². The van der Waals surface area contributed by atoms with E-state index in [0.29, 0.717) is 0 Å². The summed E-state index contributed by atoms with van der Waals surface area (Å²) >= 11 is 0.00696. The van der Waals surface area contributed by atoms with Crippen molar-refractivity contribution in [1.82, 2.24) is 0 Å². The van der Waals surface area contributed by atoms with Gasteiger partial charge in [-0.15, -0.1) is 0 Å². The van der Waals surface area contributed by atoms with Crippen LogP contribution >= 0.6 is 9.42 Å². The third-order valence-corrected chi connectivity index (χ3v) is 4.24. The first-order valence-corrected chi connectivity index (χ1v) is 8.40. The summed E-state index contributed by atoms with van der Waals surface area (Å²) < 4.78 is 0. The fourth-order valence-corrected chi connectivity index (χ4v) is 3.67. The van der Waals surface area contributed by atoms with Crippen LogP contribution in [0.1, 0.15) is 39.5 Å². The third-order valence-electron chi connectivity index (χ3n) is 1.77. The van der Waals surface area contributed by atoms with E-state index in [-0.39, 0.29) is 17.5 Å². The molecule has 0 fully saturated rings. The van der Waals surface area contributed by atoms with Crippen LogP contribution in [0.5, 0.6) is 0 Å². The van der Waals surface area contributed by atoms with Crippen LogP contribution < -0.4 is 0 Å². The van der Waals surface area contributed by atoms with Crippen LogP contribution in [0.2, 0.25) is 4.81 Å². The summed E-state index contributed by atoms with van der Waals surface area (Å²) in [4.78, 5) is 1.32. The first kappa shape index (κ1) is 11.0. The summed E-state index contributed by atoms with van der Waals surface area (Å²) in [6, 6.07) is 0. The SMILES string of the molecule is CCCCC(CC)[CH2][Pt][Cl]. The van der Waals surface area contributed by atoms with Gasteiger partial charge in [0.25, 0.3) is 0 Å². The molecule has 0 saturated heterocycles. The second kappa shape index (κ2) is 8.08. The molecule has 2 heteroatoms. The molecule has 0 aliphatic carbocycles. The van der Waals surface area contributed by atoms with Crippen molar-refractivity contribution < 1.29 is 17.5 Å². The van der Waals surface area contributed by atoms with E-state index in [2.05, 4.69) is 13.8 Å². The zero-order valence-electron chi connectivity index (χ0n) is 6.81. The number of hydrogen-bond donors (Lipinski definition) is 0. The Morgan fingerprint density at radius 3 is 2.50 bits per heavy atom. The average molecular weight is 344 g/mol. The summed E-state index contributed by atoms with van der Waals surface area (Å²) in [7, 11) is 5.77. The monoisotopic (exact) mass is 343 g/mol. The van der Waals surface area contributed by atoms with Crippen LogP contribution in [0, 0.1) is 5.92 Å². The van der Waals surface area contributed by atoms with E-state index < -0.39 is 0 Å². The van der Waals surface area contributed by atoms with Gasteiger partial charge in [0.05, 0.1) is 0 Å². The molecule has 0 N–H and O–H groups in total. The number of rotatable bonds is 6. The standard InChI is InChI=1S/C8H17.ClH.Pt/c1-4-6-7-8(3)5-2;;/h8H,3-7H2,1-2H3;1H;/q;;+1/p-1. The molecule has 0 amide bonds. The van der Waals surface area contributed by atoms with Crippen molar-refractivity contribution >= 4 is 9.42 Å². The molecule has 10 heavy (non-hydrogen) atoms. The molecule has 0 heterocycles. The van der Waals surface area contributed by atoms with E-state index in [4.69, 9.17) is 9.42 Å². The van der Waals surface area contributed by atoms with Crippen molar-refractivity contribution in [3.05, 3.63) is 0 Å². The molecule has 0 aliphatic heterocycles. The zero-order valence-corrected chi connectivity index (χ0v) is 9.84.